The van der Waals surface area contributed by atoms with Crippen molar-refractivity contribution in [3.05, 3.63) is 35.9 Å². The van der Waals surface area contributed by atoms with Crippen LogP contribution in [0.5, 0.6) is 0 Å². The normalized spacial score (nSPS) is 13.8. The Morgan fingerprint density at radius 1 is 1.25 bits per heavy atom. The quantitative estimate of drug-likeness (QED) is 0.698. The second-order valence-electron chi connectivity index (χ2n) is 5.20. The van der Waals surface area contributed by atoms with E-state index in [4.69, 9.17) is 10.8 Å². The van der Waals surface area contributed by atoms with E-state index in [1.807, 2.05) is 30.3 Å². The molecule has 0 radical (unpaired) electrons. The SMILES string of the molecule is CC(C)C(NC(=O)C(N)CCc1ccccc1)C(=O)O. The van der Waals surface area contributed by atoms with Crippen molar-refractivity contribution in [1.29, 1.82) is 0 Å². The van der Waals surface area contributed by atoms with Crippen LogP contribution in [0.1, 0.15) is 25.8 Å². The molecule has 1 aromatic carbocycles. The van der Waals surface area contributed by atoms with E-state index in [9.17, 15) is 9.59 Å². The lowest BCUT2D eigenvalue weighted by Gasteiger charge is -2.20. The van der Waals surface area contributed by atoms with Crippen molar-refractivity contribution in [2.45, 2.75) is 38.8 Å². The molecule has 1 rings (SSSR count). The fourth-order valence-electron chi connectivity index (χ4n) is 1.87. The third-order valence-corrected chi connectivity index (χ3v) is 3.15. The zero-order valence-electron chi connectivity index (χ0n) is 11.9. The van der Waals surface area contributed by atoms with Crippen molar-refractivity contribution < 1.29 is 14.7 Å². The van der Waals surface area contributed by atoms with Crippen LogP contribution in [0.2, 0.25) is 0 Å². The molecular weight excluding hydrogens is 256 g/mol. The van der Waals surface area contributed by atoms with E-state index in [0.29, 0.717) is 12.8 Å². The number of aliphatic carboxylic acids is 1. The van der Waals surface area contributed by atoms with Crippen LogP contribution in [0, 0.1) is 5.92 Å². The Hall–Kier alpha value is -1.88. The first kappa shape index (κ1) is 16.2. The molecule has 5 nitrogen and oxygen atoms in total. The summed E-state index contributed by atoms with van der Waals surface area (Å²) in [4.78, 5) is 22.9. The number of carbonyl (C=O) groups excluding carboxylic acids is 1. The largest absolute Gasteiger partial charge is 0.480 e. The number of hydrogen-bond donors (Lipinski definition) is 3. The van der Waals surface area contributed by atoms with Gasteiger partial charge < -0.3 is 16.2 Å². The fourth-order valence-corrected chi connectivity index (χ4v) is 1.87. The highest BCUT2D eigenvalue weighted by molar-refractivity contribution is 5.86. The van der Waals surface area contributed by atoms with Gasteiger partial charge in [0.05, 0.1) is 6.04 Å². The number of nitrogens with two attached hydrogens (primary N) is 1. The molecule has 0 aliphatic rings. The lowest BCUT2D eigenvalue weighted by molar-refractivity contribution is -0.143. The molecule has 0 spiro atoms. The van der Waals surface area contributed by atoms with Gasteiger partial charge in [0.1, 0.15) is 6.04 Å². The Kier molecular flexibility index (Phi) is 6.18. The van der Waals surface area contributed by atoms with Crippen molar-refractivity contribution >= 4 is 11.9 Å². The minimum absolute atomic E-state index is 0.183. The highest BCUT2D eigenvalue weighted by Crippen LogP contribution is 2.06. The Balaban J connectivity index is 2.48. The molecule has 2 atom stereocenters. The highest BCUT2D eigenvalue weighted by Gasteiger charge is 2.25. The molecule has 4 N–H and O–H groups in total. The average molecular weight is 278 g/mol. The van der Waals surface area contributed by atoms with Crippen molar-refractivity contribution in [2.75, 3.05) is 0 Å². The Morgan fingerprint density at radius 3 is 2.35 bits per heavy atom. The number of aryl methyl sites for hydroxylation is 1. The second kappa shape index (κ2) is 7.65. The van der Waals surface area contributed by atoms with Gasteiger partial charge in [-0.2, -0.15) is 0 Å². The summed E-state index contributed by atoms with van der Waals surface area (Å²) in [7, 11) is 0. The first-order valence-electron chi connectivity index (χ1n) is 6.74. The molecule has 1 aromatic rings. The number of carbonyl (C=O) groups is 2. The van der Waals surface area contributed by atoms with E-state index in [-0.39, 0.29) is 5.92 Å². The summed E-state index contributed by atoms with van der Waals surface area (Å²) in [6.45, 7) is 3.49. The smallest absolute Gasteiger partial charge is 0.326 e. The molecule has 2 unspecified atom stereocenters. The van der Waals surface area contributed by atoms with E-state index in [1.165, 1.54) is 0 Å². The number of benzene rings is 1. The summed E-state index contributed by atoms with van der Waals surface area (Å²) in [5.41, 5.74) is 6.91. The van der Waals surface area contributed by atoms with Crippen LogP contribution in [0.15, 0.2) is 30.3 Å². The van der Waals surface area contributed by atoms with Gasteiger partial charge in [0.2, 0.25) is 5.91 Å². The molecule has 0 aliphatic carbocycles. The van der Waals surface area contributed by atoms with Gasteiger partial charge in [0.25, 0.3) is 0 Å². The zero-order valence-corrected chi connectivity index (χ0v) is 11.9. The van der Waals surface area contributed by atoms with Crippen LogP contribution < -0.4 is 11.1 Å². The van der Waals surface area contributed by atoms with Gasteiger partial charge in [-0.15, -0.1) is 0 Å². The predicted octanol–water partition coefficient (Wildman–Crippen LogP) is 1.17. The van der Waals surface area contributed by atoms with E-state index in [2.05, 4.69) is 5.32 Å². The lowest BCUT2D eigenvalue weighted by Crippen LogP contribution is -2.50. The molecule has 0 saturated carbocycles. The molecule has 0 aromatic heterocycles. The average Bonchev–Trinajstić information content (AvgIpc) is 2.42. The highest BCUT2D eigenvalue weighted by atomic mass is 16.4. The maximum absolute atomic E-state index is 11.9. The number of carboxylic acids is 1. The van der Waals surface area contributed by atoms with Crippen LogP contribution in [0.3, 0.4) is 0 Å². The first-order valence-corrected chi connectivity index (χ1v) is 6.74. The number of amides is 1. The van der Waals surface area contributed by atoms with E-state index in [0.717, 1.165) is 5.56 Å². The first-order chi connectivity index (χ1) is 9.41. The van der Waals surface area contributed by atoms with Gasteiger partial charge in [0.15, 0.2) is 0 Å². The number of carboxylic acid groups (broad SMARTS) is 1. The van der Waals surface area contributed by atoms with Crippen LogP contribution in [-0.2, 0) is 16.0 Å². The minimum atomic E-state index is -1.04. The molecule has 0 heterocycles. The van der Waals surface area contributed by atoms with Crippen LogP contribution >= 0.6 is 0 Å². The summed E-state index contributed by atoms with van der Waals surface area (Å²) in [6, 6.07) is 8.13. The zero-order chi connectivity index (χ0) is 15.1. The van der Waals surface area contributed by atoms with Gasteiger partial charge in [-0.25, -0.2) is 4.79 Å². The number of nitrogens with one attached hydrogen (secondary N) is 1. The third kappa shape index (κ3) is 5.01. The number of rotatable bonds is 7. The standard InChI is InChI=1S/C15H22N2O3/c1-10(2)13(15(19)20)17-14(18)12(16)9-8-11-6-4-3-5-7-11/h3-7,10,12-13H,8-9,16H2,1-2H3,(H,17,18)(H,19,20). The topological polar surface area (TPSA) is 92.4 Å². The molecule has 20 heavy (non-hydrogen) atoms. The maximum Gasteiger partial charge on any atom is 0.326 e. The summed E-state index contributed by atoms with van der Waals surface area (Å²) >= 11 is 0. The van der Waals surface area contributed by atoms with Gasteiger partial charge >= 0.3 is 5.97 Å². The molecular formula is C15H22N2O3. The summed E-state index contributed by atoms with van der Waals surface area (Å²) in [6.07, 6.45) is 1.18. The summed E-state index contributed by atoms with van der Waals surface area (Å²) < 4.78 is 0. The van der Waals surface area contributed by atoms with Crippen molar-refractivity contribution in [3.63, 3.8) is 0 Å². The molecule has 0 bridgehead atoms. The molecule has 5 heteroatoms. The van der Waals surface area contributed by atoms with Crippen LogP contribution in [0.25, 0.3) is 0 Å². The van der Waals surface area contributed by atoms with E-state index >= 15 is 0 Å². The minimum Gasteiger partial charge on any atom is -0.480 e. The molecule has 1 amide bonds. The predicted molar refractivity (Wildman–Crippen MR) is 77.1 cm³/mol. The Labute approximate surface area is 119 Å². The molecule has 110 valence electrons. The lowest BCUT2D eigenvalue weighted by atomic mass is 10.0. The third-order valence-electron chi connectivity index (χ3n) is 3.15. The summed E-state index contributed by atoms with van der Waals surface area (Å²) in [5.74, 6) is -1.64. The Morgan fingerprint density at radius 2 is 1.85 bits per heavy atom. The van der Waals surface area contributed by atoms with E-state index in [1.54, 1.807) is 13.8 Å². The maximum atomic E-state index is 11.9. The monoisotopic (exact) mass is 278 g/mol. The number of hydrogen-bond acceptors (Lipinski definition) is 3. The Bertz CT molecular complexity index is 446. The molecule has 0 saturated heterocycles. The molecule has 0 fully saturated rings. The summed E-state index contributed by atoms with van der Waals surface area (Å²) in [5, 5.41) is 11.5. The van der Waals surface area contributed by atoms with Crippen LogP contribution in [0.4, 0.5) is 0 Å². The van der Waals surface area contributed by atoms with Gasteiger partial charge in [-0.05, 0) is 24.3 Å². The van der Waals surface area contributed by atoms with E-state index < -0.39 is 24.0 Å². The van der Waals surface area contributed by atoms with Crippen molar-refractivity contribution in [2.24, 2.45) is 11.7 Å². The van der Waals surface area contributed by atoms with Crippen LogP contribution in [-0.4, -0.2) is 29.1 Å². The second-order valence-corrected chi connectivity index (χ2v) is 5.20. The molecule has 0 aliphatic heterocycles. The van der Waals surface area contributed by atoms with Gasteiger partial charge in [-0.1, -0.05) is 44.2 Å². The van der Waals surface area contributed by atoms with Gasteiger partial charge in [-0.3, -0.25) is 4.79 Å². The van der Waals surface area contributed by atoms with Crippen molar-refractivity contribution in [1.82, 2.24) is 5.32 Å². The van der Waals surface area contributed by atoms with Crippen molar-refractivity contribution in [3.8, 4) is 0 Å². The van der Waals surface area contributed by atoms with Gasteiger partial charge in [0, 0.05) is 0 Å². The fraction of sp³-hybridized carbons (Fsp3) is 0.467.